The Morgan fingerprint density at radius 1 is 1.15 bits per heavy atom. The highest BCUT2D eigenvalue weighted by Gasteiger charge is 1.95. The molecule has 0 amide bonds. The monoisotopic (exact) mass is 178 g/mol. The predicted molar refractivity (Wildman–Crippen MR) is 56.0 cm³/mol. The number of benzene rings is 1. The van der Waals surface area contributed by atoms with Crippen molar-refractivity contribution in [2.75, 3.05) is 13.2 Å². The van der Waals surface area contributed by atoms with Gasteiger partial charge in [-0.15, -0.1) is 0 Å². The second kappa shape index (κ2) is 5.76. The lowest BCUT2D eigenvalue weighted by Crippen LogP contribution is -2.00. The first-order valence-electron chi connectivity index (χ1n) is 4.97. The summed E-state index contributed by atoms with van der Waals surface area (Å²) in [6.07, 6.45) is 2.14. The predicted octanol–water partition coefficient (Wildman–Crippen LogP) is 2.96. The zero-order valence-corrected chi connectivity index (χ0v) is 8.55. The summed E-state index contributed by atoms with van der Waals surface area (Å²) >= 11 is 0. The van der Waals surface area contributed by atoms with Crippen LogP contribution in [0.3, 0.4) is 0 Å². The van der Waals surface area contributed by atoms with Crippen LogP contribution in [0.5, 0.6) is 0 Å². The molecule has 0 aliphatic rings. The third kappa shape index (κ3) is 3.60. The van der Waals surface area contributed by atoms with Crippen molar-refractivity contribution in [1.29, 1.82) is 0 Å². The fourth-order valence-electron chi connectivity index (χ4n) is 1.32. The van der Waals surface area contributed by atoms with Crippen molar-refractivity contribution in [3.8, 4) is 0 Å². The quantitative estimate of drug-likeness (QED) is 0.630. The van der Waals surface area contributed by atoms with Gasteiger partial charge in [-0.3, -0.25) is 0 Å². The Morgan fingerprint density at radius 2 is 1.92 bits per heavy atom. The van der Waals surface area contributed by atoms with Crippen molar-refractivity contribution in [2.24, 2.45) is 0 Å². The maximum Gasteiger partial charge on any atom is 0.0506 e. The molecule has 0 N–H and O–H groups in total. The van der Waals surface area contributed by atoms with E-state index in [-0.39, 0.29) is 0 Å². The largest absolute Gasteiger partial charge is 0.381 e. The van der Waals surface area contributed by atoms with E-state index in [0.717, 1.165) is 26.1 Å². The highest BCUT2D eigenvalue weighted by Crippen LogP contribution is 2.07. The number of hydrogen-bond donors (Lipinski definition) is 0. The molecule has 0 fully saturated rings. The molecule has 0 bridgehead atoms. The normalized spacial score (nSPS) is 10.3. The Kier molecular flexibility index (Phi) is 4.55. The summed E-state index contributed by atoms with van der Waals surface area (Å²) < 4.78 is 5.44. The summed E-state index contributed by atoms with van der Waals surface area (Å²) in [6.45, 7) is 6.01. The molecule has 0 aliphatic carbocycles. The number of rotatable bonds is 5. The first kappa shape index (κ1) is 10.3. The van der Waals surface area contributed by atoms with Gasteiger partial charge in [0.2, 0.25) is 0 Å². The molecule has 1 heteroatoms. The van der Waals surface area contributed by atoms with E-state index in [2.05, 4.69) is 38.1 Å². The van der Waals surface area contributed by atoms with E-state index in [1.807, 2.05) is 0 Å². The molecule has 0 saturated heterocycles. The van der Waals surface area contributed by atoms with Crippen molar-refractivity contribution in [3.05, 3.63) is 35.4 Å². The van der Waals surface area contributed by atoms with Gasteiger partial charge in [0.05, 0.1) is 6.61 Å². The van der Waals surface area contributed by atoms with Crippen LogP contribution in [0.25, 0.3) is 0 Å². The van der Waals surface area contributed by atoms with Crippen molar-refractivity contribution >= 4 is 0 Å². The van der Waals surface area contributed by atoms with Crippen LogP contribution >= 0.6 is 0 Å². The van der Waals surface area contributed by atoms with E-state index in [9.17, 15) is 0 Å². The van der Waals surface area contributed by atoms with Gasteiger partial charge in [-0.2, -0.15) is 0 Å². The summed E-state index contributed by atoms with van der Waals surface area (Å²) in [5.41, 5.74) is 2.77. The molecular formula is C12H18O. The van der Waals surface area contributed by atoms with Crippen LogP contribution in [0.4, 0.5) is 0 Å². The molecule has 0 aromatic heterocycles. The molecule has 1 aromatic carbocycles. The number of aryl methyl sites for hydroxylation is 1. The fourth-order valence-corrected chi connectivity index (χ4v) is 1.32. The zero-order chi connectivity index (χ0) is 9.52. The summed E-state index contributed by atoms with van der Waals surface area (Å²) in [5, 5.41) is 0. The van der Waals surface area contributed by atoms with Gasteiger partial charge in [-0.25, -0.2) is 0 Å². The zero-order valence-electron chi connectivity index (χ0n) is 8.55. The smallest absolute Gasteiger partial charge is 0.0506 e. The molecule has 0 saturated carbocycles. The van der Waals surface area contributed by atoms with E-state index in [1.54, 1.807) is 0 Å². The fraction of sp³-hybridized carbons (Fsp3) is 0.500. The summed E-state index contributed by atoms with van der Waals surface area (Å²) in [7, 11) is 0. The Bertz CT molecular complexity index is 243. The number of hydrogen-bond acceptors (Lipinski definition) is 1. The molecule has 1 aromatic rings. The summed E-state index contributed by atoms with van der Waals surface area (Å²) in [6, 6.07) is 8.48. The van der Waals surface area contributed by atoms with E-state index in [4.69, 9.17) is 4.74 Å². The highest BCUT2D eigenvalue weighted by atomic mass is 16.5. The molecule has 0 aliphatic heterocycles. The maximum absolute atomic E-state index is 5.44. The van der Waals surface area contributed by atoms with Crippen molar-refractivity contribution in [3.63, 3.8) is 0 Å². The van der Waals surface area contributed by atoms with Gasteiger partial charge in [0.25, 0.3) is 0 Å². The molecule has 72 valence electrons. The first-order chi connectivity index (χ1) is 6.34. The standard InChI is InChI=1S/C12H18O/c1-3-9-13-10-8-12-7-5-4-6-11(12)2/h4-7H,3,8-10H2,1-2H3. The minimum Gasteiger partial charge on any atom is -0.381 e. The molecule has 0 atom stereocenters. The molecule has 1 rings (SSSR count). The second-order valence-corrected chi connectivity index (χ2v) is 3.29. The van der Waals surface area contributed by atoms with Gasteiger partial charge in [0.15, 0.2) is 0 Å². The SMILES string of the molecule is CCCOCCc1ccccc1C. The Hall–Kier alpha value is -0.820. The van der Waals surface area contributed by atoms with E-state index in [1.165, 1.54) is 11.1 Å². The molecule has 1 nitrogen and oxygen atoms in total. The van der Waals surface area contributed by atoms with E-state index in [0.29, 0.717) is 0 Å². The van der Waals surface area contributed by atoms with Gasteiger partial charge in [0.1, 0.15) is 0 Å². The van der Waals surface area contributed by atoms with Crippen LogP contribution in [0.2, 0.25) is 0 Å². The summed E-state index contributed by atoms with van der Waals surface area (Å²) in [5.74, 6) is 0. The first-order valence-corrected chi connectivity index (χ1v) is 4.97. The lowest BCUT2D eigenvalue weighted by Gasteiger charge is -2.05. The molecule has 0 spiro atoms. The highest BCUT2D eigenvalue weighted by molar-refractivity contribution is 5.25. The van der Waals surface area contributed by atoms with Crippen LogP contribution in [-0.2, 0) is 11.2 Å². The molecule has 0 heterocycles. The summed E-state index contributed by atoms with van der Waals surface area (Å²) in [4.78, 5) is 0. The molecule has 0 unspecified atom stereocenters. The molecular weight excluding hydrogens is 160 g/mol. The lowest BCUT2D eigenvalue weighted by molar-refractivity contribution is 0.138. The average molecular weight is 178 g/mol. The topological polar surface area (TPSA) is 9.23 Å². The van der Waals surface area contributed by atoms with Gasteiger partial charge in [-0.05, 0) is 30.9 Å². The van der Waals surface area contributed by atoms with Crippen molar-refractivity contribution in [1.82, 2.24) is 0 Å². The average Bonchev–Trinajstić information content (AvgIpc) is 2.15. The van der Waals surface area contributed by atoms with Crippen LogP contribution in [0, 0.1) is 6.92 Å². The van der Waals surface area contributed by atoms with Crippen molar-refractivity contribution in [2.45, 2.75) is 26.7 Å². The van der Waals surface area contributed by atoms with E-state index >= 15 is 0 Å². The second-order valence-electron chi connectivity index (χ2n) is 3.29. The van der Waals surface area contributed by atoms with Crippen LogP contribution in [0.15, 0.2) is 24.3 Å². The Labute approximate surface area is 80.7 Å². The van der Waals surface area contributed by atoms with Crippen LogP contribution in [-0.4, -0.2) is 13.2 Å². The minimum atomic E-state index is 0.846. The van der Waals surface area contributed by atoms with E-state index < -0.39 is 0 Å². The van der Waals surface area contributed by atoms with Gasteiger partial charge in [-0.1, -0.05) is 31.2 Å². The molecule has 13 heavy (non-hydrogen) atoms. The third-order valence-electron chi connectivity index (χ3n) is 2.13. The van der Waals surface area contributed by atoms with Gasteiger partial charge < -0.3 is 4.74 Å². The Morgan fingerprint density at radius 3 is 2.62 bits per heavy atom. The molecule has 0 radical (unpaired) electrons. The van der Waals surface area contributed by atoms with Gasteiger partial charge >= 0.3 is 0 Å². The van der Waals surface area contributed by atoms with Crippen LogP contribution < -0.4 is 0 Å². The van der Waals surface area contributed by atoms with Crippen LogP contribution in [0.1, 0.15) is 24.5 Å². The van der Waals surface area contributed by atoms with Gasteiger partial charge in [0, 0.05) is 6.61 Å². The Balaban J connectivity index is 2.32. The number of ether oxygens (including phenoxy) is 1. The third-order valence-corrected chi connectivity index (χ3v) is 2.13. The minimum absolute atomic E-state index is 0.846. The van der Waals surface area contributed by atoms with Crippen molar-refractivity contribution < 1.29 is 4.74 Å². The maximum atomic E-state index is 5.44. The lowest BCUT2D eigenvalue weighted by atomic mass is 10.1.